The van der Waals surface area contributed by atoms with Gasteiger partial charge in [-0.2, -0.15) is 13.2 Å². The molecule has 0 bridgehead atoms. The molecule has 0 aliphatic rings. The summed E-state index contributed by atoms with van der Waals surface area (Å²) in [6.07, 6.45) is -3.65. The molecule has 0 radical (unpaired) electrons. The lowest BCUT2D eigenvalue weighted by atomic mass is 10.2. The van der Waals surface area contributed by atoms with E-state index in [9.17, 15) is 22.4 Å². The zero-order valence-corrected chi connectivity index (χ0v) is 8.75. The van der Waals surface area contributed by atoms with Crippen LogP contribution in [0.15, 0.2) is 12.3 Å². The molecule has 1 N–H and O–H groups in total. The Morgan fingerprint density at radius 1 is 1.53 bits per heavy atom. The number of alkyl halides is 3. The number of amides is 1. The molecule has 4 nitrogen and oxygen atoms in total. The molecule has 1 rings (SSSR count). The minimum atomic E-state index is -4.63. The highest BCUT2D eigenvalue weighted by Gasteiger charge is 2.31. The standard InChI is InChI=1S/C9H9F4N3O/c1-16(5-17)15-4-8-7(10)2-6(3-14-8)9(11,12)13/h2-3,5,15H,4H2,1H3. The summed E-state index contributed by atoms with van der Waals surface area (Å²) in [5.74, 6) is -1.08. The number of hydrazine groups is 1. The van der Waals surface area contributed by atoms with E-state index in [0.717, 1.165) is 5.01 Å². The Kier molecular flexibility index (Phi) is 4.00. The summed E-state index contributed by atoms with van der Waals surface area (Å²) in [5, 5.41) is 0.999. The van der Waals surface area contributed by atoms with Crippen LogP contribution in [0.1, 0.15) is 11.3 Å². The molecule has 0 aromatic carbocycles. The van der Waals surface area contributed by atoms with E-state index in [1.54, 1.807) is 0 Å². The van der Waals surface area contributed by atoms with E-state index in [2.05, 4.69) is 10.4 Å². The first kappa shape index (κ1) is 13.4. The Bertz CT molecular complexity index is 408. The third kappa shape index (κ3) is 3.66. The van der Waals surface area contributed by atoms with Crippen LogP contribution in [0.5, 0.6) is 0 Å². The van der Waals surface area contributed by atoms with Crippen molar-refractivity contribution in [2.75, 3.05) is 7.05 Å². The van der Waals surface area contributed by atoms with Crippen LogP contribution >= 0.6 is 0 Å². The van der Waals surface area contributed by atoms with Crippen LogP contribution in [0, 0.1) is 5.82 Å². The number of halogens is 4. The summed E-state index contributed by atoms with van der Waals surface area (Å²) in [7, 11) is 1.37. The van der Waals surface area contributed by atoms with Gasteiger partial charge in [0.15, 0.2) is 0 Å². The average Bonchev–Trinajstić information content (AvgIpc) is 2.25. The van der Waals surface area contributed by atoms with Crippen LogP contribution in [0.4, 0.5) is 17.6 Å². The number of rotatable bonds is 4. The van der Waals surface area contributed by atoms with E-state index in [1.807, 2.05) is 0 Å². The van der Waals surface area contributed by atoms with E-state index in [1.165, 1.54) is 7.05 Å². The molecule has 1 aromatic rings. The summed E-state index contributed by atoms with van der Waals surface area (Å²) in [4.78, 5) is 13.5. The predicted molar refractivity (Wildman–Crippen MR) is 49.9 cm³/mol. The number of carbonyl (C=O) groups is 1. The van der Waals surface area contributed by atoms with E-state index >= 15 is 0 Å². The summed E-state index contributed by atoms with van der Waals surface area (Å²) in [6, 6.07) is 0.366. The van der Waals surface area contributed by atoms with Crippen molar-refractivity contribution in [1.82, 2.24) is 15.4 Å². The van der Waals surface area contributed by atoms with Crippen LogP contribution in [0.2, 0.25) is 0 Å². The molecule has 0 saturated carbocycles. The first-order valence-electron chi connectivity index (χ1n) is 4.48. The van der Waals surface area contributed by atoms with Crippen molar-refractivity contribution >= 4 is 6.41 Å². The van der Waals surface area contributed by atoms with Gasteiger partial charge in [0.05, 0.1) is 17.8 Å². The van der Waals surface area contributed by atoms with Crippen LogP contribution < -0.4 is 5.43 Å². The molecule has 0 aliphatic carbocycles. The molecule has 0 unspecified atom stereocenters. The van der Waals surface area contributed by atoms with Gasteiger partial charge in [-0.3, -0.25) is 14.8 Å². The van der Waals surface area contributed by atoms with Gasteiger partial charge < -0.3 is 0 Å². The number of aromatic nitrogens is 1. The van der Waals surface area contributed by atoms with Crippen LogP contribution in [0.3, 0.4) is 0 Å². The molecule has 0 atom stereocenters. The monoisotopic (exact) mass is 251 g/mol. The molecule has 1 amide bonds. The van der Waals surface area contributed by atoms with Gasteiger partial charge in [-0.1, -0.05) is 0 Å². The second kappa shape index (κ2) is 5.09. The lowest BCUT2D eigenvalue weighted by Crippen LogP contribution is -2.33. The first-order valence-corrected chi connectivity index (χ1v) is 4.48. The van der Waals surface area contributed by atoms with Crippen molar-refractivity contribution in [1.29, 1.82) is 0 Å². The minimum absolute atomic E-state index is 0.181. The number of pyridine rings is 1. The maximum Gasteiger partial charge on any atom is 0.417 e. The maximum atomic E-state index is 13.2. The Hall–Kier alpha value is -1.70. The summed E-state index contributed by atoms with van der Waals surface area (Å²) in [5.41, 5.74) is 1.08. The van der Waals surface area contributed by atoms with E-state index in [4.69, 9.17) is 0 Å². The van der Waals surface area contributed by atoms with Crippen LogP contribution in [-0.4, -0.2) is 23.5 Å². The molecule has 17 heavy (non-hydrogen) atoms. The zero-order valence-electron chi connectivity index (χ0n) is 8.75. The second-order valence-electron chi connectivity index (χ2n) is 3.20. The highest BCUT2D eigenvalue weighted by molar-refractivity contribution is 5.45. The van der Waals surface area contributed by atoms with Crippen molar-refractivity contribution in [2.45, 2.75) is 12.7 Å². The normalized spacial score (nSPS) is 11.4. The van der Waals surface area contributed by atoms with Crippen molar-refractivity contribution in [3.05, 3.63) is 29.3 Å². The highest BCUT2D eigenvalue weighted by atomic mass is 19.4. The van der Waals surface area contributed by atoms with Gasteiger partial charge in [-0.25, -0.2) is 9.82 Å². The van der Waals surface area contributed by atoms with Gasteiger partial charge in [0.25, 0.3) is 0 Å². The molecule has 8 heteroatoms. The lowest BCUT2D eigenvalue weighted by molar-refractivity contribution is -0.138. The molecule has 0 spiro atoms. The smallest absolute Gasteiger partial charge is 0.283 e. The van der Waals surface area contributed by atoms with E-state index in [0.29, 0.717) is 18.7 Å². The fourth-order valence-corrected chi connectivity index (χ4v) is 0.988. The van der Waals surface area contributed by atoms with Crippen molar-refractivity contribution in [3.63, 3.8) is 0 Å². The fraction of sp³-hybridized carbons (Fsp3) is 0.333. The number of carbonyl (C=O) groups excluding carboxylic acids is 1. The molecule has 1 heterocycles. The SMILES string of the molecule is CN(C=O)NCc1ncc(C(F)(F)F)cc1F. The largest absolute Gasteiger partial charge is 0.417 e. The van der Waals surface area contributed by atoms with Gasteiger partial charge in [-0.05, 0) is 6.07 Å². The maximum absolute atomic E-state index is 13.2. The molecule has 94 valence electrons. The van der Waals surface area contributed by atoms with Gasteiger partial charge in [0, 0.05) is 13.2 Å². The van der Waals surface area contributed by atoms with E-state index < -0.39 is 17.6 Å². The second-order valence-corrected chi connectivity index (χ2v) is 3.20. The number of hydrogen-bond donors (Lipinski definition) is 1. The van der Waals surface area contributed by atoms with Crippen LogP contribution in [0.25, 0.3) is 0 Å². The Labute approximate surface area is 94.2 Å². The highest BCUT2D eigenvalue weighted by Crippen LogP contribution is 2.29. The Morgan fingerprint density at radius 2 is 2.18 bits per heavy atom. The summed E-state index contributed by atoms with van der Waals surface area (Å²) < 4.78 is 49.8. The quantitative estimate of drug-likeness (QED) is 0.499. The third-order valence-electron chi connectivity index (χ3n) is 1.90. The van der Waals surface area contributed by atoms with Gasteiger partial charge >= 0.3 is 6.18 Å². The molecule has 0 saturated heterocycles. The zero-order chi connectivity index (χ0) is 13.1. The molecule has 1 aromatic heterocycles. The molecular formula is C9H9F4N3O. The molecular weight excluding hydrogens is 242 g/mol. The number of hydrogen-bond acceptors (Lipinski definition) is 3. The van der Waals surface area contributed by atoms with Gasteiger partial charge in [0.1, 0.15) is 5.82 Å². The molecule has 0 aliphatic heterocycles. The number of nitrogens with zero attached hydrogens (tertiary/aromatic N) is 2. The minimum Gasteiger partial charge on any atom is -0.283 e. The lowest BCUT2D eigenvalue weighted by Gasteiger charge is -2.13. The number of nitrogens with one attached hydrogen (secondary N) is 1. The van der Waals surface area contributed by atoms with Crippen molar-refractivity contribution in [3.8, 4) is 0 Å². The van der Waals surface area contributed by atoms with Gasteiger partial charge in [-0.15, -0.1) is 0 Å². The fourth-order valence-electron chi connectivity index (χ4n) is 0.988. The van der Waals surface area contributed by atoms with Crippen molar-refractivity contribution < 1.29 is 22.4 Å². The topological polar surface area (TPSA) is 45.2 Å². The van der Waals surface area contributed by atoms with Gasteiger partial charge in [0.2, 0.25) is 6.41 Å². The first-order chi connectivity index (χ1) is 7.84. The summed E-state index contributed by atoms with van der Waals surface area (Å²) >= 11 is 0. The molecule has 0 fully saturated rings. The predicted octanol–water partition coefficient (Wildman–Crippen LogP) is 1.33. The average molecular weight is 251 g/mol. The Morgan fingerprint density at radius 3 is 2.65 bits per heavy atom. The van der Waals surface area contributed by atoms with E-state index in [-0.39, 0.29) is 12.2 Å². The summed E-state index contributed by atoms with van der Waals surface area (Å²) in [6.45, 7) is -0.181. The van der Waals surface area contributed by atoms with Crippen molar-refractivity contribution in [2.24, 2.45) is 0 Å². The Balaban J connectivity index is 2.80. The van der Waals surface area contributed by atoms with Crippen LogP contribution in [-0.2, 0) is 17.5 Å². The third-order valence-corrected chi connectivity index (χ3v) is 1.90.